The molecular weight excluding hydrogens is 438 g/mol. The zero-order chi connectivity index (χ0) is 22.6. The first-order valence-corrected chi connectivity index (χ1v) is 13.2. The molecule has 0 radical (unpaired) electrons. The summed E-state index contributed by atoms with van der Waals surface area (Å²) in [6, 6.07) is 12.7. The standard InChI is InChI=1S/C21H29N3O5S2/c1-17-8-9-21(18(2)16-17)31(27,28)22-10-15-30(25,26)24-13-11-23(12-14-24)19-6-4-5-7-20(19)29-3/h4-9,16,22H,10-15H2,1-3H3. The van der Waals surface area contributed by atoms with Gasteiger partial charge in [0.05, 0.1) is 23.4 Å². The molecule has 2 aromatic rings. The number of benzene rings is 2. The van der Waals surface area contributed by atoms with E-state index in [1.54, 1.807) is 32.2 Å². The number of anilines is 1. The highest BCUT2D eigenvalue weighted by atomic mass is 32.2. The van der Waals surface area contributed by atoms with E-state index >= 15 is 0 Å². The lowest BCUT2D eigenvalue weighted by molar-refractivity contribution is 0.378. The van der Waals surface area contributed by atoms with E-state index in [-0.39, 0.29) is 17.2 Å². The van der Waals surface area contributed by atoms with Crippen LogP contribution in [-0.2, 0) is 20.0 Å². The molecule has 0 amide bonds. The van der Waals surface area contributed by atoms with Crippen molar-refractivity contribution >= 4 is 25.7 Å². The van der Waals surface area contributed by atoms with Crippen molar-refractivity contribution in [3.8, 4) is 5.75 Å². The van der Waals surface area contributed by atoms with Crippen molar-refractivity contribution in [2.45, 2.75) is 18.7 Å². The largest absolute Gasteiger partial charge is 0.495 e. The summed E-state index contributed by atoms with van der Waals surface area (Å²) >= 11 is 0. The Bertz CT molecular complexity index is 1130. The van der Waals surface area contributed by atoms with E-state index in [2.05, 4.69) is 9.62 Å². The topological polar surface area (TPSA) is 96.0 Å². The molecule has 1 aliphatic rings. The van der Waals surface area contributed by atoms with Crippen molar-refractivity contribution in [2.24, 2.45) is 0 Å². The summed E-state index contributed by atoms with van der Waals surface area (Å²) in [5.74, 6) is 0.464. The van der Waals surface area contributed by atoms with E-state index in [0.717, 1.165) is 17.0 Å². The molecule has 1 saturated heterocycles. The first-order chi connectivity index (χ1) is 14.6. The van der Waals surface area contributed by atoms with Gasteiger partial charge in [-0.15, -0.1) is 0 Å². The smallest absolute Gasteiger partial charge is 0.240 e. The molecule has 8 nitrogen and oxygen atoms in total. The summed E-state index contributed by atoms with van der Waals surface area (Å²) in [7, 11) is -5.74. The molecule has 1 fully saturated rings. The Morgan fingerprint density at radius 2 is 1.65 bits per heavy atom. The number of nitrogens with one attached hydrogen (secondary N) is 1. The van der Waals surface area contributed by atoms with Crippen molar-refractivity contribution < 1.29 is 21.6 Å². The minimum atomic E-state index is -3.77. The fourth-order valence-electron chi connectivity index (χ4n) is 3.71. The van der Waals surface area contributed by atoms with Crippen molar-refractivity contribution in [3.63, 3.8) is 0 Å². The first-order valence-electron chi connectivity index (χ1n) is 10.1. The number of rotatable bonds is 8. The maximum Gasteiger partial charge on any atom is 0.240 e. The van der Waals surface area contributed by atoms with Crippen LogP contribution < -0.4 is 14.4 Å². The van der Waals surface area contributed by atoms with Gasteiger partial charge in [0, 0.05) is 32.7 Å². The molecule has 170 valence electrons. The van der Waals surface area contributed by atoms with Gasteiger partial charge in [-0.25, -0.2) is 21.6 Å². The Kier molecular flexibility index (Phi) is 7.25. The maximum atomic E-state index is 12.7. The molecule has 0 saturated carbocycles. The van der Waals surface area contributed by atoms with Crippen LogP contribution in [0.25, 0.3) is 0 Å². The van der Waals surface area contributed by atoms with E-state index in [9.17, 15) is 16.8 Å². The first kappa shape index (κ1) is 23.5. The van der Waals surface area contributed by atoms with Gasteiger partial charge < -0.3 is 9.64 Å². The van der Waals surface area contributed by atoms with Crippen LogP contribution in [0.5, 0.6) is 5.75 Å². The number of aryl methyl sites for hydroxylation is 2. The lowest BCUT2D eigenvalue weighted by atomic mass is 10.2. The van der Waals surface area contributed by atoms with Crippen LogP contribution in [0.3, 0.4) is 0 Å². The molecule has 2 aromatic carbocycles. The lowest BCUT2D eigenvalue weighted by Gasteiger charge is -2.36. The number of hydrogen-bond acceptors (Lipinski definition) is 6. The highest BCUT2D eigenvalue weighted by Gasteiger charge is 2.28. The highest BCUT2D eigenvalue weighted by Crippen LogP contribution is 2.28. The molecule has 1 heterocycles. The highest BCUT2D eigenvalue weighted by molar-refractivity contribution is 7.90. The maximum absolute atomic E-state index is 12.7. The molecule has 31 heavy (non-hydrogen) atoms. The third kappa shape index (κ3) is 5.57. The van der Waals surface area contributed by atoms with Crippen molar-refractivity contribution in [2.75, 3.05) is 50.5 Å². The Balaban J connectivity index is 1.57. The van der Waals surface area contributed by atoms with E-state index in [1.165, 1.54) is 4.31 Å². The molecule has 0 aliphatic carbocycles. The van der Waals surface area contributed by atoms with Crippen LogP contribution in [0.4, 0.5) is 5.69 Å². The van der Waals surface area contributed by atoms with E-state index in [0.29, 0.717) is 31.7 Å². The molecular formula is C21H29N3O5S2. The van der Waals surface area contributed by atoms with Crippen molar-refractivity contribution in [1.82, 2.24) is 9.03 Å². The second-order valence-corrected chi connectivity index (χ2v) is 11.4. The fourth-order valence-corrected chi connectivity index (χ4v) is 6.43. The van der Waals surface area contributed by atoms with Crippen LogP contribution >= 0.6 is 0 Å². The fraction of sp³-hybridized carbons (Fsp3) is 0.429. The van der Waals surface area contributed by atoms with Crippen LogP contribution in [0.2, 0.25) is 0 Å². The average Bonchev–Trinajstić information content (AvgIpc) is 2.73. The van der Waals surface area contributed by atoms with Crippen molar-refractivity contribution in [3.05, 3.63) is 53.6 Å². The molecule has 0 spiro atoms. The van der Waals surface area contributed by atoms with Gasteiger partial charge in [-0.05, 0) is 37.6 Å². The molecule has 3 rings (SSSR count). The number of nitrogens with zero attached hydrogens (tertiary/aromatic N) is 2. The molecule has 1 N–H and O–H groups in total. The van der Waals surface area contributed by atoms with E-state index < -0.39 is 20.0 Å². The lowest BCUT2D eigenvalue weighted by Crippen LogP contribution is -2.50. The number of piperazine rings is 1. The number of methoxy groups -OCH3 is 1. The number of sulfonamides is 2. The minimum absolute atomic E-state index is 0.168. The summed E-state index contributed by atoms with van der Waals surface area (Å²) in [5.41, 5.74) is 2.53. The van der Waals surface area contributed by atoms with Gasteiger partial charge >= 0.3 is 0 Å². The SMILES string of the molecule is COc1ccccc1N1CCN(S(=O)(=O)CCNS(=O)(=O)c2ccc(C)cc2C)CC1. The average molecular weight is 468 g/mol. The molecule has 10 heteroatoms. The zero-order valence-electron chi connectivity index (χ0n) is 18.0. The monoisotopic (exact) mass is 467 g/mol. The van der Waals surface area contributed by atoms with Gasteiger partial charge in [-0.3, -0.25) is 0 Å². The van der Waals surface area contributed by atoms with Gasteiger partial charge in [-0.1, -0.05) is 29.8 Å². The summed E-state index contributed by atoms with van der Waals surface area (Å²) in [5, 5.41) is 0. The summed E-state index contributed by atoms with van der Waals surface area (Å²) in [6.45, 7) is 5.18. The molecule has 0 bridgehead atoms. The minimum Gasteiger partial charge on any atom is -0.495 e. The summed E-state index contributed by atoms with van der Waals surface area (Å²) < 4.78 is 59.8. The Labute approximate surface area is 184 Å². The Morgan fingerprint density at radius 1 is 0.968 bits per heavy atom. The third-order valence-corrected chi connectivity index (χ3v) is 8.82. The second kappa shape index (κ2) is 9.56. The predicted molar refractivity (Wildman–Crippen MR) is 122 cm³/mol. The van der Waals surface area contributed by atoms with Crippen molar-refractivity contribution in [1.29, 1.82) is 0 Å². The van der Waals surface area contributed by atoms with Crippen LogP contribution in [0.1, 0.15) is 11.1 Å². The van der Waals surface area contributed by atoms with Gasteiger partial charge in [0.1, 0.15) is 5.75 Å². The number of ether oxygens (including phenoxy) is 1. The molecule has 1 aliphatic heterocycles. The molecule has 0 aromatic heterocycles. The van der Waals surface area contributed by atoms with Crippen LogP contribution in [0, 0.1) is 13.8 Å². The van der Waals surface area contributed by atoms with Gasteiger partial charge in [0.15, 0.2) is 0 Å². The van der Waals surface area contributed by atoms with Gasteiger partial charge in [-0.2, -0.15) is 4.31 Å². The van der Waals surface area contributed by atoms with Gasteiger partial charge in [0.25, 0.3) is 0 Å². The molecule has 0 unspecified atom stereocenters. The number of hydrogen-bond donors (Lipinski definition) is 1. The third-order valence-electron chi connectivity index (χ3n) is 5.33. The summed E-state index contributed by atoms with van der Waals surface area (Å²) in [6.07, 6.45) is 0. The molecule has 0 atom stereocenters. The van der Waals surface area contributed by atoms with E-state index in [1.807, 2.05) is 31.2 Å². The summed E-state index contributed by atoms with van der Waals surface area (Å²) in [4.78, 5) is 2.26. The van der Waals surface area contributed by atoms with Crippen LogP contribution in [0.15, 0.2) is 47.4 Å². The second-order valence-electron chi connectivity index (χ2n) is 7.54. The van der Waals surface area contributed by atoms with Gasteiger partial charge in [0.2, 0.25) is 20.0 Å². The Hall–Kier alpha value is -2.14. The van der Waals surface area contributed by atoms with Crippen LogP contribution in [-0.4, -0.2) is 66.7 Å². The Morgan fingerprint density at radius 3 is 2.29 bits per heavy atom. The number of para-hydroxylation sites is 2. The normalized spacial score (nSPS) is 15.8. The zero-order valence-corrected chi connectivity index (χ0v) is 19.7. The predicted octanol–water partition coefficient (Wildman–Crippen LogP) is 1.74. The quantitative estimate of drug-likeness (QED) is 0.635. The van der Waals surface area contributed by atoms with E-state index in [4.69, 9.17) is 4.74 Å².